The molecule has 0 saturated heterocycles. The van der Waals surface area contributed by atoms with E-state index in [1.165, 1.54) is 20.3 Å². The van der Waals surface area contributed by atoms with Crippen LogP contribution in [0.5, 0.6) is 0 Å². The van der Waals surface area contributed by atoms with Crippen LogP contribution in [-0.2, 0) is 26.7 Å². The van der Waals surface area contributed by atoms with Gasteiger partial charge in [-0.15, -0.1) is 0 Å². The highest BCUT2D eigenvalue weighted by Gasteiger charge is 2.30. The first-order valence-corrected chi connectivity index (χ1v) is 7.78. The molecule has 0 spiro atoms. The quantitative estimate of drug-likeness (QED) is 0.591. The molecule has 0 unspecified atom stereocenters. The van der Waals surface area contributed by atoms with Crippen molar-refractivity contribution in [3.8, 4) is 0 Å². The van der Waals surface area contributed by atoms with E-state index >= 15 is 0 Å². The summed E-state index contributed by atoms with van der Waals surface area (Å²) in [5.74, 6) is 0. The number of rotatable bonds is 6. The largest absolute Gasteiger partial charge is 0.494 e. The Hall–Kier alpha value is -0.645. The van der Waals surface area contributed by atoms with E-state index in [1.807, 2.05) is 13.8 Å². The summed E-state index contributed by atoms with van der Waals surface area (Å²) in [6.07, 6.45) is 1.25. The SMILES string of the molecule is CCc1ccc(P(=O)(O)O)c(CC)c1B(OC)OC. The number of aryl methyl sites for hydroxylation is 1. The van der Waals surface area contributed by atoms with Gasteiger partial charge in [0.1, 0.15) is 0 Å². The molecule has 0 aliphatic heterocycles. The van der Waals surface area contributed by atoms with E-state index in [9.17, 15) is 14.4 Å². The van der Waals surface area contributed by atoms with Crippen LogP contribution in [0.2, 0.25) is 0 Å². The minimum Gasteiger partial charge on any atom is -0.410 e. The summed E-state index contributed by atoms with van der Waals surface area (Å²) in [4.78, 5) is 18.9. The van der Waals surface area contributed by atoms with Crippen LogP contribution in [0.4, 0.5) is 0 Å². The van der Waals surface area contributed by atoms with Gasteiger partial charge in [0.2, 0.25) is 0 Å². The van der Waals surface area contributed by atoms with Crippen LogP contribution in [0, 0.1) is 0 Å². The fourth-order valence-electron chi connectivity index (χ4n) is 2.28. The zero-order chi connectivity index (χ0) is 14.6. The molecule has 0 atom stereocenters. The zero-order valence-corrected chi connectivity index (χ0v) is 12.6. The van der Waals surface area contributed by atoms with Gasteiger partial charge in [-0.05, 0) is 35.5 Å². The first-order valence-electron chi connectivity index (χ1n) is 6.16. The molecule has 0 saturated carbocycles. The molecule has 7 heteroatoms. The number of benzene rings is 1. The molecule has 1 rings (SSSR count). The van der Waals surface area contributed by atoms with E-state index in [-0.39, 0.29) is 5.30 Å². The van der Waals surface area contributed by atoms with E-state index in [4.69, 9.17) is 9.31 Å². The maximum absolute atomic E-state index is 11.6. The molecular weight excluding hydrogens is 266 g/mol. The van der Waals surface area contributed by atoms with Crippen LogP contribution in [0.15, 0.2) is 12.1 Å². The van der Waals surface area contributed by atoms with Crippen molar-refractivity contribution in [2.24, 2.45) is 0 Å². The highest BCUT2D eigenvalue weighted by molar-refractivity contribution is 7.60. The van der Waals surface area contributed by atoms with Crippen LogP contribution in [0.1, 0.15) is 25.0 Å². The van der Waals surface area contributed by atoms with Gasteiger partial charge in [0.25, 0.3) is 0 Å². The van der Waals surface area contributed by atoms with E-state index < -0.39 is 14.7 Å². The summed E-state index contributed by atoms with van der Waals surface area (Å²) < 4.78 is 22.1. The molecule has 0 radical (unpaired) electrons. The van der Waals surface area contributed by atoms with Crippen LogP contribution in [0.3, 0.4) is 0 Å². The van der Waals surface area contributed by atoms with Crippen molar-refractivity contribution in [1.82, 2.24) is 0 Å². The van der Waals surface area contributed by atoms with E-state index in [1.54, 1.807) is 6.07 Å². The molecule has 2 N–H and O–H groups in total. The standard InChI is InChI=1S/C12H20BO5P/c1-5-9-7-8-11(19(14,15)16)10(6-2)12(9)13(17-3)18-4/h7-8H,5-6H2,1-4H3,(H2,14,15,16). The van der Waals surface area contributed by atoms with Gasteiger partial charge in [0.15, 0.2) is 0 Å². The highest BCUT2D eigenvalue weighted by atomic mass is 31.2. The molecule has 1 aromatic rings. The third kappa shape index (κ3) is 3.47. The Morgan fingerprint density at radius 2 is 1.74 bits per heavy atom. The van der Waals surface area contributed by atoms with Crippen molar-refractivity contribution in [2.75, 3.05) is 14.2 Å². The molecule has 0 heterocycles. The fourth-order valence-corrected chi connectivity index (χ4v) is 3.18. The highest BCUT2D eigenvalue weighted by Crippen LogP contribution is 2.34. The Labute approximate surface area is 114 Å². The van der Waals surface area contributed by atoms with Crippen molar-refractivity contribution in [2.45, 2.75) is 26.7 Å². The first-order chi connectivity index (χ1) is 8.90. The van der Waals surface area contributed by atoms with Gasteiger partial charge in [0, 0.05) is 14.2 Å². The van der Waals surface area contributed by atoms with E-state index in [0.717, 1.165) is 17.4 Å². The minimum atomic E-state index is -4.30. The lowest BCUT2D eigenvalue weighted by atomic mass is 9.71. The molecule has 1 aromatic carbocycles. The second-order valence-corrected chi connectivity index (χ2v) is 5.76. The maximum atomic E-state index is 11.6. The molecular formula is C12H20BO5P. The second-order valence-electron chi connectivity index (χ2n) is 4.19. The van der Waals surface area contributed by atoms with E-state index in [2.05, 4.69) is 0 Å². The summed E-state index contributed by atoms with van der Waals surface area (Å²) >= 11 is 0. The monoisotopic (exact) mass is 286 g/mol. The average Bonchev–Trinajstić information content (AvgIpc) is 2.38. The first kappa shape index (κ1) is 16.4. The number of hydrogen-bond acceptors (Lipinski definition) is 3. The fraction of sp³-hybridized carbons (Fsp3) is 0.500. The lowest BCUT2D eigenvalue weighted by Crippen LogP contribution is -2.42. The Morgan fingerprint density at radius 3 is 2.11 bits per heavy atom. The molecule has 0 aromatic heterocycles. The topological polar surface area (TPSA) is 76.0 Å². The van der Waals surface area contributed by atoms with Crippen LogP contribution >= 0.6 is 7.60 Å². The van der Waals surface area contributed by atoms with Crippen molar-refractivity contribution in [1.29, 1.82) is 0 Å². The normalized spacial score (nSPS) is 11.7. The molecule has 0 fully saturated rings. The summed E-state index contributed by atoms with van der Waals surface area (Å²) in [6, 6.07) is 3.23. The molecule has 0 bridgehead atoms. The van der Waals surface area contributed by atoms with Crippen LogP contribution in [0.25, 0.3) is 0 Å². The summed E-state index contributed by atoms with van der Waals surface area (Å²) in [5.41, 5.74) is 2.32. The molecule has 0 amide bonds. The van der Waals surface area contributed by atoms with Gasteiger partial charge < -0.3 is 19.1 Å². The third-order valence-electron chi connectivity index (χ3n) is 3.13. The Morgan fingerprint density at radius 1 is 1.16 bits per heavy atom. The summed E-state index contributed by atoms with van der Waals surface area (Å²) in [7, 11) is -1.89. The number of hydrogen-bond donors (Lipinski definition) is 2. The molecule has 0 aliphatic rings. The smallest absolute Gasteiger partial charge is 0.410 e. The lowest BCUT2D eigenvalue weighted by Gasteiger charge is -2.20. The van der Waals surface area contributed by atoms with Gasteiger partial charge >= 0.3 is 14.7 Å². The maximum Gasteiger partial charge on any atom is 0.494 e. The van der Waals surface area contributed by atoms with E-state index in [0.29, 0.717) is 12.0 Å². The average molecular weight is 286 g/mol. The summed E-state index contributed by atoms with van der Waals surface area (Å²) in [6.45, 7) is 3.84. The Balaban J connectivity index is 3.59. The van der Waals surface area contributed by atoms with Gasteiger partial charge in [0.05, 0.1) is 5.30 Å². The molecule has 5 nitrogen and oxygen atoms in total. The minimum absolute atomic E-state index is 0.0568. The van der Waals surface area contributed by atoms with Crippen molar-refractivity contribution in [3.63, 3.8) is 0 Å². The van der Waals surface area contributed by atoms with Crippen molar-refractivity contribution >= 4 is 25.5 Å². The Bertz CT molecular complexity index is 481. The lowest BCUT2D eigenvalue weighted by molar-refractivity contribution is 0.291. The molecule has 0 aliphatic carbocycles. The third-order valence-corrected chi connectivity index (χ3v) is 4.18. The molecule has 106 valence electrons. The van der Waals surface area contributed by atoms with Gasteiger partial charge in [-0.1, -0.05) is 19.9 Å². The van der Waals surface area contributed by atoms with Gasteiger partial charge in [-0.25, -0.2) is 0 Å². The summed E-state index contributed by atoms with van der Waals surface area (Å²) in [5, 5.41) is 0.0568. The Kier molecular flexibility index (Phi) is 5.77. The van der Waals surface area contributed by atoms with Crippen molar-refractivity contribution in [3.05, 3.63) is 23.3 Å². The van der Waals surface area contributed by atoms with Crippen LogP contribution in [-0.4, -0.2) is 31.1 Å². The zero-order valence-electron chi connectivity index (χ0n) is 11.7. The predicted molar refractivity (Wildman–Crippen MR) is 76.3 cm³/mol. The van der Waals surface area contributed by atoms with Gasteiger partial charge in [-0.2, -0.15) is 0 Å². The van der Waals surface area contributed by atoms with Crippen molar-refractivity contribution < 1.29 is 23.7 Å². The van der Waals surface area contributed by atoms with Gasteiger partial charge in [-0.3, -0.25) is 4.57 Å². The predicted octanol–water partition coefficient (Wildman–Crippen LogP) is 0.602. The second kappa shape index (κ2) is 6.68. The molecule has 19 heavy (non-hydrogen) atoms. The van der Waals surface area contributed by atoms with Crippen LogP contribution < -0.4 is 10.8 Å².